The summed E-state index contributed by atoms with van der Waals surface area (Å²) < 4.78 is 19.4. The normalized spacial score (nSPS) is 26.0. The summed E-state index contributed by atoms with van der Waals surface area (Å²) in [5.74, 6) is -0.100. The molecule has 2 aliphatic heterocycles. The summed E-state index contributed by atoms with van der Waals surface area (Å²) in [6, 6.07) is 4.28. The second-order valence-corrected chi connectivity index (χ2v) is 10.4. The van der Waals surface area contributed by atoms with Gasteiger partial charge in [-0.25, -0.2) is 9.78 Å². The van der Waals surface area contributed by atoms with Crippen LogP contribution in [0.15, 0.2) is 12.1 Å². The SMILES string of the molecule is COC(=O)N1c2ccc3c(nc([C@H](C)OC4CCOCC4)n3C3CCC(C(=O)O)CC3)c2CC[C@@H]1C. The van der Waals surface area contributed by atoms with Crippen molar-refractivity contribution in [2.75, 3.05) is 25.2 Å². The fourth-order valence-electron chi connectivity index (χ4n) is 6.21. The highest BCUT2D eigenvalue weighted by Gasteiger charge is 2.35. The van der Waals surface area contributed by atoms with Gasteiger partial charge in [0.2, 0.25) is 0 Å². The summed E-state index contributed by atoms with van der Waals surface area (Å²) in [6.45, 7) is 5.52. The molecule has 196 valence electrons. The van der Waals surface area contributed by atoms with Crippen molar-refractivity contribution < 1.29 is 28.9 Å². The minimum atomic E-state index is -0.702. The molecular formula is C27H37N3O6. The lowest BCUT2D eigenvalue weighted by molar-refractivity contribution is -0.143. The van der Waals surface area contributed by atoms with Gasteiger partial charge in [-0.05, 0) is 77.3 Å². The standard InChI is InChI=1S/C27H37N3O6/c1-16-4-9-21-22(29(16)27(33)34-3)10-11-23-24(21)28-25(17(2)36-20-12-14-35-15-13-20)30(23)19-7-5-18(6-8-19)26(31)32/h10-11,16-20H,4-9,12-15H2,1-3H3,(H,31,32)/t16-,17-,18?,19?/m0/s1. The number of fused-ring (bicyclic) bond motifs is 3. The summed E-state index contributed by atoms with van der Waals surface area (Å²) in [5, 5.41) is 9.50. The summed E-state index contributed by atoms with van der Waals surface area (Å²) in [5.41, 5.74) is 3.86. The van der Waals surface area contributed by atoms with E-state index in [1.165, 1.54) is 7.11 Å². The number of ether oxygens (including phenoxy) is 3. The van der Waals surface area contributed by atoms with E-state index < -0.39 is 5.97 Å². The second-order valence-electron chi connectivity index (χ2n) is 10.4. The number of carboxylic acids is 1. The predicted molar refractivity (Wildman–Crippen MR) is 134 cm³/mol. The van der Waals surface area contributed by atoms with Crippen LogP contribution in [-0.2, 0) is 25.4 Å². The van der Waals surface area contributed by atoms with Gasteiger partial charge in [0.05, 0.1) is 35.9 Å². The highest BCUT2D eigenvalue weighted by atomic mass is 16.5. The molecular weight excluding hydrogens is 462 g/mol. The van der Waals surface area contributed by atoms with Gasteiger partial charge in [-0.2, -0.15) is 0 Å². The number of amides is 1. The van der Waals surface area contributed by atoms with E-state index in [0.717, 1.165) is 66.6 Å². The van der Waals surface area contributed by atoms with Crippen LogP contribution in [0, 0.1) is 5.92 Å². The molecule has 1 aromatic carbocycles. The van der Waals surface area contributed by atoms with Crippen LogP contribution in [0.25, 0.3) is 11.0 Å². The van der Waals surface area contributed by atoms with Gasteiger partial charge >= 0.3 is 12.1 Å². The first-order valence-corrected chi connectivity index (χ1v) is 13.3. The van der Waals surface area contributed by atoms with Crippen LogP contribution in [0.2, 0.25) is 0 Å². The maximum atomic E-state index is 12.6. The Morgan fingerprint density at radius 1 is 1.11 bits per heavy atom. The molecule has 2 atom stereocenters. The van der Waals surface area contributed by atoms with Gasteiger partial charge in [-0.1, -0.05) is 0 Å². The van der Waals surface area contributed by atoms with Crippen LogP contribution in [0.1, 0.15) is 82.3 Å². The van der Waals surface area contributed by atoms with Crippen molar-refractivity contribution >= 4 is 28.8 Å². The number of anilines is 1. The van der Waals surface area contributed by atoms with Gasteiger partial charge in [0.25, 0.3) is 0 Å². The average Bonchev–Trinajstić information content (AvgIpc) is 3.29. The van der Waals surface area contributed by atoms with E-state index in [4.69, 9.17) is 19.2 Å². The zero-order valence-corrected chi connectivity index (χ0v) is 21.4. The maximum absolute atomic E-state index is 12.6. The molecule has 0 spiro atoms. The van der Waals surface area contributed by atoms with Gasteiger partial charge in [0.15, 0.2) is 0 Å². The zero-order chi connectivity index (χ0) is 25.4. The van der Waals surface area contributed by atoms with Crippen molar-refractivity contribution in [1.29, 1.82) is 0 Å². The lowest BCUT2D eigenvalue weighted by Crippen LogP contribution is -2.42. The third-order valence-corrected chi connectivity index (χ3v) is 8.19. The maximum Gasteiger partial charge on any atom is 0.414 e. The van der Waals surface area contributed by atoms with Gasteiger partial charge in [0, 0.05) is 30.9 Å². The molecule has 1 aromatic heterocycles. The molecule has 36 heavy (non-hydrogen) atoms. The lowest BCUT2D eigenvalue weighted by Gasteiger charge is -2.34. The average molecular weight is 500 g/mol. The molecule has 1 saturated carbocycles. The van der Waals surface area contributed by atoms with Gasteiger partial charge in [-0.15, -0.1) is 0 Å². The Balaban J connectivity index is 1.56. The summed E-state index contributed by atoms with van der Waals surface area (Å²) in [7, 11) is 1.41. The first-order valence-electron chi connectivity index (χ1n) is 13.3. The Morgan fingerprint density at radius 2 is 1.83 bits per heavy atom. The number of nitrogens with zero attached hydrogens (tertiary/aromatic N) is 3. The number of aliphatic carboxylic acids is 1. The first-order chi connectivity index (χ1) is 17.4. The minimum Gasteiger partial charge on any atom is -0.481 e. The number of hydrogen-bond donors (Lipinski definition) is 1. The molecule has 0 unspecified atom stereocenters. The molecule has 3 aliphatic rings. The molecule has 0 bridgehead atoms. The third-order valence-electron chi connectivity index (χ3n) is 8.19. The van der Waals surface area contributed by atoms with Crippen LogP contribution >= 0.6 is 0 Å². The Kier molecular flexibility index (Phi) is 7.21. The molecule has 1 saturated heterocycles. The van der Waals surface area contributed by atoms with E-state index in [2.05, 4.69) is 17.6 Å². The van der Waals surface area contributed by atoms with E-state index in [0.29, 0.717) is 26.1 Å². The van der Waals surface area contributed by atoms with Crippen molar-refractivity contribution in [3.63, 3.8) is 0 Å². The Morgan fingerprint density at radius 3 is 2.50 bits per heavy atom. The van der Waals surface area contributed by atoms with Crippen molar-refractivity contribution in [3.8, 4) is 0 Å². The van der Waals surface area contributed by atoms with E-state index >= 15 is 0 Å². The quantitative estimate of drug-likeness (QED) is 0.616. The monoisotopic (exact) mass is 499 g/mol. The highest BCUT2D eigenvalue weighted by molar-refractivity contribution is 5.95. The Hall–Kier alpha value is -2.65. The molecule has 9 nitrogen and oxygen atoms in total. The fraction of sp³-hybridized carbons (Fsp3) is 0.667. The van der Waals surface area contributed by atoms with Crippen molar-refractivity contribution in [3.05, 3.63) is 23.5 Å². The molecule has 1 N–H and O–H groups in total. The number of rotatable bonds is 5. The van der Waals surface area contributed by atoms with Gasteiger partial charge in [0.1, 0.15) is 11.9 Å². The number of aromatic nitrogens is 2. The molecule has 5 rings (SSSR count). The zero-order valence-electron chi connectivity index (χ0n) is 21.4. The van der Waals surface area contributed by atoms with Gasteiger partial charge in [-0.3, -0.25) is 9.69 Å². The van der Waals surface area contributed by atoms with Crippen molar-refractivity contribution in [2.45, 2.75) is 89.5 Å². The van der Waals surface area contributed by atoms with E-state index in [1.54, 1.807) is 4.90 Å². The number of methoxy groups -OCH3 is 1. The predicted octanol–water partition coefficient (Wildman–Crippen LogP) is 5.02. The first kappa shape index (κ1) is 25.0. The number of carbonyl (C=O) groups is 2. The van der Waals surface area contributed by atoms with E-state index in [-0.39, 0.29) is 36.3 Å². The highest BCUT2D eigenvalue weighted by Crippen LogP contribution is 2.42. The third kappa shape index (κ3) is 4.59. The number of carboxylic acid groups (broad SMARTS) is 1. The molecule has 9 heteroatoms. The van der Waals surface area contributed by atoms with E-state index in [1.807, 2.05) is 13.0 Å². The van der Waals surface area contributed by atoms with Gasteiger partial charge < -0.3 is 23.9 Å². The van der Waals surface area contributed by atoms with Crippen molar-refractivity contribution in [1.82, 2.24) is 9.55 Å². The Bertz CT molecular complexity index is 1120. The van der Waals surface area contributed by atoms with Crippen LogP contribution in [0.3, 0.4) is 0 Å². The van der Waals surface area contributed by atoms with Crippen LogP contribution in [0.4, 0.5) is 10.5 Å². The number of aryl methyl sites for hydroxylation is 1. The molecule has 1 amide bonds. The molecule has 1 aliphatic carbocycles. The van der Waals surface area contributed by atoms with Crippen LogP contribution in [0.5, 0.6) is 0 Å². The molecule has 2 fully saturated rings. The smallest absolute Gasteiger partial charge is 0.414 e. The number of benzene rings is 1. The van der Waals surface area contributed by atoms with Crippen LogP contribution in [-0.4, -0.2) is 59.2 Å². The topological polar surface area (TPSA) is 103 Å². The van der Waals surface area contributed by atoms with Crippen LogP contribution < -0.4 is 4.90 Å². The fourth-order valence-corrected chi connectivity index (χ4v) is 6.21. The lowest BCUT2D eigenvalue weighted by atomic mass is 9.85. The van der Waals surface area contributed by atoms with E-state index in [9.17, 15) is 14.7 Å². The van der Waals surface area contributed by atoms with Crippen molar-refractivity contribution in [2.24, 2.45) is 5.92 Å². The summed E-state index contributed by atoms with van der Waals surface area (Å²) in [4.78, 5) is 31.1. The summed E-state index contributed by atoms with van der Waals surface area (Å²) >= 11 is 0. The number of carbonyl (C=O) groups excluding carboxylic acids is 1. The second kappa shape index (κ2) is 10.4. The molecule has 0 radical (unpaired) electrons. The number of hydrogen-bond acceptors (Lipinski definition) is 6. The number of imidazole rings is 1. The summed E-state index contributed by atoms with van der Waals surface area (Å²) in [6.07, 6.45) is 5.88. The molecule has 3 heterocycles. The largest absolute Gasteiger partial charge is 0.481 e. The molecule has 2 aromatic rings. The Labute approximate surface area is 211 Å². The minimum absolute atomic E-state index is 0.0473.